The smallest absolute Gasteiger partial charge is 0.242 e. The molecule has 0 fully saturated rings. The number of amides is 1. The van der Waals surface area contributed by atoms with Gasteiger partial charge in [-0.3, -0.25) is 4.79 Å². The minimum atomic E-state index is -0.799. The molecule has 3 rings (SSSR count). The second-order valence-corrected chi connectivity index (χ2v) is 5.16. The number of hydrogen-bond acceptors (Lipinski definition) is 3. The number of nitrogens with one attached hydrogen (secondary N) is 1. The monoisotopic (exact) mass is 298 g/mol. The molecule has 0 radical (unpaired) electrons. The first kappa shape index (κ1) is 13.5. The van der Waals surface area contributed by atoms with Crippen LogP contribution in [0.5, 0.6) is 0 Å². The van der Waals surface area contributed by atoms with E-state index in [2.05, 4.69) is 5.32 Å². The van der Waals surface area contributed by atoms with Crippen molar-refractivity contribution in [2.75, 3.05) is 0 Å². The van der Waals surface area contributed by atoms with Gasteiger partial charge >= 0.3 is 0 Å². The van der Waals surface area contributed by atoms with Gasteiger partial charge in [0.1, 0.15) is 11.7 Å². The highest BCUT2D eigenvalue weighted by Gasteiger charge is 2.34. The predicted molar refractivity (Wildman–Crippen MR) is 78.1 cm³/mol. The van der Waals surface area contributed by atoms with E-state index in [0.29, 0.717) is 16.5 Å². The van der Waals surface area contributed by atoms with E-state index in [1.807, 2.05) is 24.3 Å². The Balaban J connectivity index is 2.04. The van der Waals surface area contributed by atoms with Crippen LogP contribution < -0.4 is 5.32 Å². The highest BCUT2D eigenvalue weighted by Crippen LogP contribution is 2.33. The second kappa shape index (κ2) is 5.47. The number of halogens is 1. The van der Waals surface area contributed by atoms with E-state index in [4.69, 9.17) is 16.0 Å². The highest BCUT2D eigenvalue weighted by atomic mass is 35.5. The minimum absolute atomic E-state index is 0.327. The van der Waals surface area contributed by atoms with Crippen molar-refractivity contribution >= 4 is 23.2 Å². The fourth-order valence-corrected chi connectivity index (χ4v) is 2.48. The zero-order valence-electron chi connectivity index (χ0n) is 10.9. The fraction of sp³-hybridized carbons (Fsp3) is 0.125. The summed E-state index contributed by atoms with van der Waals surface area (Å²) in [6.07, 6.45) is 3.38. The van der Waals surface area contributed by atoms with E-state index >= 15 is 0 Å². The van der Waals surface area contributed by atoms with E-state index < -0.39 is 11.8 Å². The van der Waals surface area contributed by atoms with Gasteiger partial charge in [0, 0.05) is 10.7 Å². The van der Waals surface area contributed by atoms with Crippen molar-refractivity contribution in [1.29, 1.82) is 5.26 Å². The molecule has 1 amide bonds. The molecule has 1 aromatic heterocycles. The molecular formula is C16H11ClN2O2. The lowest BCUT2D eigenvalue weighted by Gasteiger charge is -2.24. The van der Waals surface area contributed by atoms with Crippen LogP contribution in [0.15, 0.2) is 53.2 Å². The number of rotatable bonds is 2. The molecule has 2 aromatic rings. The van der Waals surface area contributed by atoms with Crippen LogP contribution >= 0.6 is 11.6 Å². The number of nitriles is 1. The number of carbonyl (C=O) groups excluding carboxylic acids is 1. The summed E-state index contributed by atoms with van der Waals surface area (Å²) in [7, 11) is 0. The molecule has 2 atom stereocenters. The van der Waals surface area contributed by atoms with Gasteiger partial charge in [0.15, 0.2) is 0 Å². The van der Waals surface area contributed by atoms with Gasteiger partial charge in [-0.2, -0.15) is 5.26 Å². The average Bonchev–Trinajstić information content (AvgIpc) is 3.01. The Morgan fingerprint density at radius 1 is 1.24 bits per heavy atom. The molecule has 4 nitrogen and oxygen atoms in total. The third kappa shape index (κ3) is 2.56. The van der Waals surface area contributed by atoms with Crippen molar-refractivity contribution in [2.45, 2.75) is 5.92 Å². The predicted octanol–water partition coefficient (Wildman–Crippen LogP) is 3.33. The van der Waals surface area contributed by atoms with Gasteiger partial charge in [0.25, 0.3) is 0 Å². The van der Waals surface area contributed by atoms with Crippen LogP contribution in [0.4, 0.5) is 0 Å². The zero-order valence-corrected chi connectivity index (χ0v) is 11.7. The Kier molecular flexibility index (Phi) is 3.51. The third-order valence-electron chi connectivity index (χ3n) is 3.41. The number of hydrogen-bond donors (Lipinski definition) is 1. The fourth-order valence-electron chi connectivity index (χ4n) is 2.36. The maximum absolute atomic E-state index is 12.1. The van der Waals surface area contributed by atoms with Crippen molar-refractivity contribution in [3.8, 4) is 6.07 Å². The summed E-state index contributed by atoms with van der Waals surface area (Å²) in [6.45, 7) is 0. The number of allylic oxidation sites excluding steroid dienone is 1. The first-order chi connectivity index (χ1) is 10.2. The summed E-state index contributed by atoms with van der Waals surface area (Å²) in [6, 6.07) is 12.7. The maximum Gasteiger partial charge on any atom is 0.242 e. The number of nitrogens with zero attached hydrogens (tertiary/aromatic N) is 1. The van der Waals surface area contributed by atoms with Gasteiger partial charge in [-0.05, 0) is 35.9 Å². The van der Waals surface area contributed by atoms with Gasteiger partial charge in [-0.1, -0.05) is 23.7 Å². The molecule has 1 aliphatic heterocycles. The highest BCUT2D eigenvalue weighted by molar-refractivity contribution is 6.30. The molecule has 0 spiro atoms. The Morgan fingerprint density at radius 3 is 2.62 bits per heavy atom. The van der Waals surface area contributed by atoms with Crippen molar-refractivity contribution in [1.82, 2.24) is 5.32 Å². The molecule has 104 valence electrons. The summed E-state index contributed by atoms with van der Waals surface area (Å²) in [5.74, 6) is -0.925. The van der Waals surface area contributed by atoms with Crippen molar-refractivity contribution in [3.63, 3.8) is 0 Å². The van der Waals surface area contributed by atoms with Gasteiger partial charge in [-0.15, -0.1) is 0 Å². The van der Waals surface area contributed by atoms with Crippen LogP contribution in [0.1, 0.15) is 17.2 Å². The molecule has 0 aliphatic carbocycles. The normalized spacial score (nSPS) is 21.3. The number of carbonyl (C=O) groups is 1. The Labute approximate surface area is 126 Å². The van der Waals surface area contributed by atoms with Gasteiger partial charge in [0.2, 0.25) is 5.91 Å². The summed E-state index contributed by atoms with van der Waals surface area (Å²) < 4.78 is 5.36. The Bertz CT molecular complexity index is 727. The number of furan rings is 1. The van der Waals surface area contributed by atoms with E-state index in [-0.39, 0.29) is 5.91 Å². The molecule has 1 aromatic carbocycles. The lowest BCUT2D eigenvalue weighted by atomic mass is 9.86. The standard InChI is InChI=1S/C16H11ClN2O2/c17-11-5-3-10(4-6-11)14-8-12(15-2-1-7-21-15)13(9-18)16(20)19-14/h1-8,12-13H,(H,19,20). The maximum atomic E-state index is 12.1. The first-order valence-electron chi connectivity index (χ1n) is 6.40. The quantitative estimate of drug-likeness (QED) is 0.925. The second-order valence-electron chi connectivity index (χ2n) is 4.72. The van der Waals surface area contributed by atoms with Crippen molar-refractivity contribution in [3.05, 3.63) is 65.1 Å². The van der Waals surface area contributed by atoms with Crippen LogP contribution in [0.2, 0.25) is 5.02 Å². The van der Waals surface area contributed by atoms with Gasteiger partial charge in [-0.25, -0.2) is 0 Å². The Morgan fingerprint density at radius 2 is 2.00 bits per heavy atom. The number of benzene rings is 1. The van der Waals surface area contributed by atoms with E-state index in [1.165, 1.54) is 6.26 Å². The topological polar surface area (TPSA) is 66.0 Å². The lowest BCUT2D eigenvalue weighted by molar-refractivity contribution is -0.122. The first-order valence-corrected chi connectivity index (χ1v) is 6.78. The largest absolute Gasteiger partial charge is 0.469 e. The molecule has 2 heterocycles. The lowest BCUT2D eigenvalue weighted by Crippen LogP contribution is -2.36. The SMILES string of the molecule is N#CC1C(=O)NC(c2ccc(Cl)cc2)=CC1c1ccco1. The van der Waals surface area contributed by atoms with Gasteiger partial charge < -0.3 is 9.73 Å². The van der Waals surface area contributed by atoms with Crippen LogP contribution in [0.3, 0.4) is 0 Å². The van der Waals surface area contributed by atoms with Crippen LogP contribution in [-0.4, -0.2) is 5.91 Å². The summed E-state index contributed by atoms with van der Waals surface area (Å²) in [5, 5.41) is 12.6. The molecule has 1 aliphatic rings. The summed E-state index contributed by atoms with van der Waals surface area (Å²) in [5.41, 5.74) is 1.49. The molecular weight excluding hydrogens is 288 g/mol. The molecule has 5 heteroatoms. The van der Waals surface area contributed by atoms with E-state index in [1.54, 1.807) is 24.3 Å². The minimum Gasteiger partial charge on any atom is -0.469 e. The summed E-state index contributed by atoms with van der Waals surface area (Å²) in [4.78, 5) is 12.1. The van der Waals surface area contributed by atoms with Crippen LogP contribution in [0.25, 0.3) is 5.70 Å². The summed E-state index contributed by atoms with van der Waals surface area (Å²) >= 11 is 5.87. The molecule has 0 saturated carbocycles. The molecule has 2 unspecified atom stereocenters. The molecule has 0 bridgehead atoms. The van der Waals surface area contributed by atoms with E-state index in [9.17, 15) is 10.1 Å². The zero-order chi connectivity index (χ0) is 14.8. The molecule has 21 heavy (non-hydrogen) atoms. The van der Waals surface area contributed by atoms with Crippen molar-refractivity contribution < 1.29 is 9.21 Å². The van der Waals surface area contributed by atoms with Crippen LogP contribution in [-0.2, 0) is 4.79 Å². The Hall–Kier alpha value is -2.51. The van der Waals surface area contributed by atoms with Gasteiger partial charge in [0.05, 0.1) is 18.3 Å². The third-order valence-corrected chi connectivity index (χ3v) is 3.66. The van der Waals surface area contributed by atoms with Crippen LogP contribution in [0, 0.1) is 17.2 Å². The average molecular weight is 299 g/mol. The molecule has 0 saturated heterocycles. The van der Waals surface area contributed by atoms with Crippen molar-refractivity contribution in [2.24, 2.45) is 5.92 Å². The van der Waals surface area contributed by atoms with E-state index in [0.717, 1.165) is 5.56 Å². The molecule has 1 N–H and O–H groups in total.